The minimum Gasteiger partial charge on any atom is -0.481 e. The van der Waals surface area contributed by atoms with Crippen molar-refractivity contribution in [2.75, 3.05) is 25.0 Å². The van der Waals surface area contributed by atoms with E-state index in [0.29, 0.717) is 6.42 Å². The molecule has 9 heteroatoms. The minimum absolute atomic E-state index is 0.137. The van der Waals surface area contributed by atoms with Gasteiger partial charge in [0.1, 0.15) is 24.6 Å². The third-order valence-corrected chi connectivity index (χ3v) is 8.32. The van der Waals surface area contributed by atoms with Crippen molar-refractivity contribution >= 4 is 27.9 Å². The molecule has 0 saturated carbocycles. The summed E-state index contributed by atoms with van der Waals surface area (Å²) < 4.78 is 40.9. The average molecular weight is 554 g/mol. The van der Waals surface area contributed by atoms with Gasteiger partial charge in [0.2, 0.25) is 5.36 Å². The monoisotopic (exact) mass is 553 g/mol. The number of carboxylic acid groups (broad SMARTS) is 1. The SMILES string of the molecule is CC[N+](CCCCCC(=O)O)=c1ccc2cc3c(oc-2c1)C=C(N(C)c1ccc(S(=O)(=O)O)cc1)CC3(C)C. The van der Waals surface area contributed by atoms with Gasteiger partial charge in [0.25, 0.3) is 10.1 Å². The van der Waals surface area contributed by atoms with Crippen LogP contribution < -0.4 is 14.8 Å². The number of benzene rings is 2. The molecule has 0 saturated heterocycles. The fourth-order valence-corrected chi connectivity index (χ4v) is 5.64. The lowest BCUT2D eigenvalue weighted by molar-refractivity contribution is -0.137. The maximum atomic E-state index is 11.4. The van der Waals surface area contributed by atoms with Crippen molar-refractivity contribution in [2.24, 2.45) is 0 Å². The molecule has 1 aromatic rings. The summed E-state index contributed by atoms with van der Waals surface area (Å²) in [5, 5.41) is 9.92. The highest BCUT2D eigenvalue weighted by Crippen LogP contribution is 2.42. The van der Waals surface area contributed by atoms with E-state index in [1.807, 2.05) is 18.0 Å². The van der Waals surface area contributed by atoms with Crippen LogP contribution in [0.3, 0.4) is 0 Å². The summed E-state index contributed by atoms with van der Waals surface area (Å²) in [6, 6.07) is 14.6. The van der Waals surface area contributed by atoms with Gasteiger partial charge in [0.15, 0.2) is 0 Å². The molecule has 0 fully saturated rings. The Bertz CT molecular complexity index is 1530. The molecule has 2 aliphatic carbocycles. The maximum Gasteiger partial charge on any atom is 0.303 e. The van der Waals surface area contributed by atoms with Gasteiger partial charge in [0, 0.05) is 54.5 Å². The number of anilines is 1. The number of carboxylic acids is 1. The molecule has 0 bridgehead atoms. The van der Waals surface area contributed by atoms with E-state index in [1.54, 1.807) is 12.1 Å². The summed E-state index contributed by atoms with van der Waals surface area (Å²) in [5.74, 6) is 0.844. The van der Waals surface area contributed by atoms with Gasteiger partial charge in [0.05, 0.1) is 11.0 Å². The number of nitrogens with zero attached hydrogens (tertiary/aromatic N) is 2. The lowest BCUT2D eigenvalue weighted by Crippen LogP contribution is -2.31. The quantitative estimate of drug-likeness (QED) is 0.201. The van der Waals surface area contributed by atoms with E-state index in [1.165, 1.54) is 12.1 Å². The van der Waals surface area contributed by atoms with Gasteiger partial charge in [-0.05, 0) is 68.0 Å². The zero-order chi connectivity index (χ0) is 28.4. The van der Waals surface area contributed by atoms with Crippen LogP contribution in [0.4, 0.5) is 5.69 Å². The second kappa shape index (κ2) is 11.4. The molecule has 0 radical (unpaired) electrons. The van der Waals surface area contributed by atoms with Crippen molar-refractivity contribution in [3.8, 4) is 11.3 Å². The fraction of sp³-hybridized carbons (Fsp3) is 0.400. The number of fused-ring (bicyclic) bond motifs is 2. The van der Waals surface area contributed by atoms with Crippen LogP contribution in [0.1, 0.15) is 64.2 Å². The maximum absolute atomic E-state index is 11.4. The Morgan fingerprint density at radius 2 is 1.79 bits per heavy atom. The van der Waals surface area contributed by atoms with Crippen molar-refractivity contribution in [3.63, 3.8) is 0 Å². The Labute approximate surface area is 230 Å². The molecule has 4 rings (SSSR count). The summed E-state index contributed by atoms with van der Waals surface area (Å²) in [7, 11) is -2.31. The Kier molecular flexibility index (Phi) is 8.32. The number of hydrogen-bond acceptors (Lipinski definition) is 5. The molecule has 1 heterocycles. The molecule has 0 atom stereocenters. The van der Waals surface area contributed by atoms with Gasteiger partial charge >= 0.3 is 5.97 Å². The predicted octanol–water partition coefficient (Wildman–Crippen LogP) is 5.23. The Morgan fingerprint density at radius 1 is 1.08 bits per heavy atom. The highest BCUT2D eigenvalue weighted by Gasteiger charge is 2.33. The molecule has 1 aliphatic heterocycles. The smallest absolute Gasteiger partial charge is 0.303 e. The number of allylic oxidation sites excluding steroid dienone is 1. The number of unbranched alkanes of at least 4 members (excludes halogenated alkanes) is 2. The van der Waals surface area contributed by atoms with Gasteiger partial charge in [-0.2, -0.15) is 8.42 Å². The highest BCUT2D eigenvalue weighted by atomic mass is 32.2. The summed E-state index contributed by atoms with van der Waals surface area (Å²) in [4.78, 5) is 12.6. The van der Waals surface area contributed by atoms with Crippen LogP contribution in [0.15, 0.2) is 63.5 Å². The van der Waals surface area contributed by atoms with E-state index in [2.05, 4.69) is 49.6 Å². The predicted molar refractivity (Wildman–Crippen MR) is 152 cm³/mol. The normalized spacial score (nSPS) is 15.5. The van der Waals surface area contributed by atoms with Crippen LogP contribution in [0.5, 0.6) is 0 Å². The molecule has 208 valence electrons. The molecule has 0 amide bonds. The third-order valence-electron chi connectivity index (χ3n) is 7.45. The first-order valence-electron chi connectivity index (χ1n) is 13.3. The number of carbonyl (C=O) groups is 1. The van der Waals surface area contributed by atoms with Crippen LogP contribution in [0.25, 0.3) is 17.4 Å². The van der Waals surface area contributed by atoms with Crippen LogP contribution in [0.2, 0.25) is 0 Å². The molecule has 1 aromatic carbocycles. The van der Waals surface area contributed by atoms with E-state index in [-0.39, 0.29) is 16.7 Å². The van der Waals surface area contributed by atoms with E-state index < -0.39 is 16.1 Å². The Balaban J connectivity index is 1.66. The summed E-state index contributed by atoms with van der Waals surface area (Å²) in [5.41, 5.74) is 3.81. The first-order chi connectivity index (χ1) is 18.4. The molecule has 0 aromatic heterocycles. The summed E-state index contributed by atoms with van der Waals surface area (Å²) >= 11 is 0. The minimum atomic E-state index is -4.25. The third kappa shape index (κ3) is 6.59. The second-order valence-corrected chi connectivity index (χ2v) is 12.2. The van der Waals surface area contributed by atoms with Crippen molar-refractivity contribution in [1.29, 1.82) is 0 Å². The molecule has 0 spiro atoms. The number of aliphatic carboxylic acids is 1. The lowest BCUT2D eigenvalue weighted by Gasteiger charge is -2.36. The zero-order valence-corrected chi connectivity index (χ0v) is 23.8. The lowest BCUT2D eigenvalue weighted by atomic mass is 9.75. The van der Waals surface area contributed by atoms with Gasteiger partial charge in [-0.1, -0.05) is 13.8 Å². The summed E-state index contributed by atoms with van der Waals surface area (Å²) in [6.07, 6.45) is 5.52. The van der Waals surface area contributed by atoms with Crippen LogP contribution >= 0.6 is 0 Å². The first-order valence-corrected chi connectivity index (χ1v) is 14.7. The molecule has 39 heavy (non-hydrogen) atoms. The van der Waals surface area contributed by atoms with E-state index in [0.717, 1.165) is 71.7 Å². The zero-order valence-electron chi connectivity index (χ0n) is 23.0. The molecule has 2 N–H and O–H groups in total. The van der Waals surface area contributed by atoms with Gasteiger partial charge in [-0.25, -0.2) is 4.58 Å². The van der Waals surface area contributed by atoms with Crippen molar-refractivity contribution in [1.82, 2.24) is 4.58 Å². The largest absolute Gasteiger partial charge is 0.481 e. The topological polar surface area (TPSA) is 111 Å². The van der Waals surface area contributed by atoms with Gasteiger partial charge < -0.3 is 14.4 Å². The fourth-order valence-electron chi connectivity index (χ4n) is 5.16. The molecule has 0 unspecified atom stereocenters. The van der Waals surface area contributed by atoms with Gasteiger partial charge in [-0.15, -0.1) is 0 Å². The average Bonchev–Trinajstić information content (AvgIpc) is 2.88. The first kappa shape index (κ1) is 28.6. The number of hydrogen-bond donors (Lipinski definition) is 2. The Hall–Kier alpha value is -3.43. The van der Waals surface area contributed by atoms with Crippen LogP contribution in [-0.2, 0) is 20.3 Å². The second-order valence-electron chi connectivity index (χ2n) is 10.8. The standard InChI is InChI=1S/C30H36N2O6S/c1-5-32(16-8-6-7-9-29(33)34)23-11-10-21-17-26-28(38-27(21)18-23)19-24(20-30(26,2)3)31(4)22-12-14-25(15-13-22)39(35,36)37/h10-15,17-19H,5-9,16,20H2,1-4H3,(H-,33,34,35,36,37)/p+1. The molecular weight excluding hydrogens is 516 g/mol. The number of rotatable bonds is 10. The Morgan fingerprint density at radius 3 is 2.44 bits per heavy atom. The van der Waals surface area contributed by atoms with Gasteiger partial charge in [-0.3, -0.25) is 9.35 Å². The van der Waals surface area contributed by atoms with Crippen molar-refractivity contribution in [2.45, 2.75) is 63.2 Å². The van der Waals surface area contributed by atoms with E-state index in [9.17, 15) is 17.8 Å². The van der Waals surface area contributed by atoms with Crippen molar-refractivity contribution in [3.05, 3.63) is 70.9 Å². The van der Waals surface area contributed by atoms with Crippen LogP contribution in [0, 0.1) is 0 Å². The van der Waals surface area contributed by atoms with Crippen molar-refractivity contribution < 1.29 is 27.3 Å². The molecule has 8 nitrogen and oxygen atoms in total. The molecule has 3 aliphatic rings. The summed E-state index contributed by atoms with van der Waals surface area (Å²) in [6.45, 7) is 8.18. The van der Waals surface area contributed by atoms with E-state index in [4.69, 9.17) is 9.52 Å². The molecular formula is C30H37N2O6S+. The van der Waals surface area contributed by atoms with Crippen LogP contribution in [-0.4, -0.2) is 44.2 Å². The van der Waals surface area contributed by atoms with E-state index >= 15 is 0 Å². The highest BCUT2D eigenvalue weighted by molar-refractivity contribution is 7.85.